The zero-order valence-electron chi connectivity index (χ0n) is 16.2. The number of aromatic nitrogens is 1. The van der Waals surface area contributed by atoms with Gasteiger partial charge in [-0.2, -0.15) is 0 Å². The molecule has 0 radical (unpaired) electrons. The molecule has 29 heavy (non-hydrogen) atoms. The lowest BCUT2D eigenvalue weighted by molar-refractivity contribution is 0.0342. The topological polar surface area (TPSA) is 57.4 Å². The average molecular weight is 393 g/mol. The zero-order valence-corrected chi connectivity index (χ0v) is 16.2. The average Bonchev–Trinajstić information content (AvgIpc) is 2.76. The van der Waals surface area contributed by atoms with Crippen LogP contribution in [0.25, 0.3) is 11.1 Å². The molecule has 0 aliphatic carbocycles. The molecule has 0 spiro atoms. The highest BCUT2D eigenvalue weighted by atomic mass is 19.1. The Morgan fingerprint density at radius 1 is 1.00 bits per heavy atom. The predicted molar refractivity (Wildman–Crippen MR) is 112 cm³/mol. The van der Waals surface area contributed by atoms with Gasteiger partial charge in [0.1, 0.15) is 5.82 Å². The number of halogens is 1. The number of nitrogens with zero attached hydrogens (tertiary/aromatic N) is 1. The molecule has 3 aromatic rings. The van der Waals surface area contributed by atoms with Crippen molar-refractivity contribution < 1.29 is 9.13 Å². The van der Waals surface area contributed by atoms with Crippen LogP contribution in [-0.2, 0) is 17.8 Å². The Hall–Kier alpha value is -2.96. The third kappa shape index (κ3) is 5.10. The summed E-state index contributed by atoms with van der Waals surface area (Å²) in [4.78, 5) is 17.3. The van der Waals surface area contributed by atoms with Gasteiger partial charge in [0.25, 0.3) is 5.56 Å². The standard InChI is InChI=1S/C23H24FN3O2/c24-21-5-3-18(4-6-21)19-13-20(23(28)26-14-19)15-25-22-7-1-17(2-8-22)16-27-9-11-29-12-10-27/h1-8,13-14,25H,9-12,15-16H2,(H,26,28). The van der Waals surface area contributed by atoms with Crippen molar-refractivity contribution >= 4 is 5.69 Å². The quantitative estimate of drug-likeness (QED) is 0.672. The molecular formula is C23H24FN3O2. The molecule has 150 valence electrons. The largest absolute Gasteiger partial charge is 0.381 e. The SMILES string of the molecule is O=c1[nH]cc(-c2ccc(F)cc2)cc1CNc1ccc(CN2CCOCC2)cc1. The summed E-state index contributed by atoms with van der Waals surface area (Å²) >= 11 is 0. The van der Waals surface area contributed by atoms with Gasteiger partial charge in [-0.25, -0.2) is 4.39 Å². The second kappa shape index (κ2) is 9.03. The molecule has 2 N–H and O–H groups in total. The molecule has 5 nitrogen and oxygen atoms in total. The van der Waals surface area contributed by atoms with Crippen LogP contribution in [0.4, 0.5) is 10.1 Å². The lowest BCUT2D eigenvalue weighted by Gasteiger charge is -2.26. The molecular weight excluding hydrogens is 369 g/mol. The fourth-order valence-electron chi connectivity index (χ4n) is 3.41. The molecule has 1 aliphatic heterocycles. The minimum atomic E-state index is -0.280. The van der Waals surface area contributed by atoms with Gasteiger partial charge >= 0.3 is 0 Å². The van der Waals surface area contributed by atoms with Crippen LogP contribution in [0.5, 0.6) is 0 Å². The molecule has 1 aromatic heterocycles. The summed E-state index contributed by atoms with van der Waals surface area (Å²) in [6, 6.07) is 16.4. The Morgan fingerprint density at radius 3 is 2.45 bits per heavy atom. The number of pyridine rings is 1. The summed E-state index contributed by atoms with van der Waals surface area (Å²) in [5.41, 5.74) is 4.42. The van der Waals surface area contributed by atoms with Crippen LogP contribution in [-0.4, -0.2) is 36.2 Å². The van der Waals surface area contributed by atoms with Crippen LogP contribution in [0.3, 0.4) is 0 Å². The lowest BCUT2D eigenvalue weighted by atomic mass is 10.1. The van der Waals surface area contributed by atoms with Crippen molar-refractivity contribution in [1.29, 1.82) is 0 Å². The first-order valence-electron chi connectivity index (χ1n) is 9.78. The number of nitrogens with one attached hydrogen (secondary N) is 2. The van der Waals surface area contributed by atoms with Gasteiger partial charge in [0, 0.05) is 43.6 Å². The highest BCUT2D eigenvalue weighted by molar-refractivity contribution is 5.63. The minimum Gasteiger partial charge on any atom is -0.381 e. The maximum atomic E-state index is 13.1. The maximum absolute atomic E-state index is 13.1. The monoisotopic (exact) mass is 393 g/mol. The van der Waals surface area contributed by atoms with Crippen molar-refractivity contribution in [1.82, 2.24) is 9.88 Å². The van der Waals surface area contributed by atoms with E-state index in [0.29, 0.717) is 12.1 Å². The van der Waals surface area contributed by atoms with Gasteiger partial charge in [0.05, 0.1) is 13.2 Å². The van der Waals surface area contributed by atoms with Crippen LogP contribution in [0.1, 0.15) is 11.1 Å². The number of aromatic amines is 1. The Kier molecular flexibility index (Phi) is 6.03. The fourth-order valence-corrected chi connectivity index (χ4v) is 3.41. The van der Waals surface area contributed by atoms with Crippen molar-refractivity contribution in [2.24, 2.45) is 0 Å². The minimum absolute atomic E-state index is 0.132. The lowest BCUT2D eigenvalue weighted by Crippen LogP contribution is -2.35. The van der Waals surface area contributed by atoms with E-state index in [1.807, 2.05) is 18.2 Å². The first-order valence-corrected chi connectivity index (χ1v) is 9.78. The van der Waals surface area contributed by atoms with Crippen LogP contribution in [0, 0.1) is 5.82 Å². The van der Waals surface area contributed by atoms with E-state index in [-0.39, 0.29) is 11.4 Å². The van der Waals surface area contributed by atoms with Gasteiger partial charge < -0.3 is 15.0 Å². The first-order chi connectivity index (χ1) is 14.2. The summed E-state index contributed by atoms with van der Waals surface area (Å²) in [6.07, 6.45) is 1.65. The van der Waals surface area contributed by atoms with Gasteiger partial charge in [-0.3, -0.25) is 9.69 Å². The molecule has 0 atom stereocenters. The Labute approximate surface area is 169 Å². The molecule has 0 saturated carbocycles. The first kappa shape index (κ1) is 19.4. The summed E-state index contributed by atoms with van der Waals surface area (Å²) in [5.74, 6) is -0.280. The Bertz CT molecular complexity index is 994. The molecule has 0 bridgehead atoms. The van der Waals surface area contributed by atoms with E-state index in [1.165, 1.54) is 17.7 Å². The number of hydrogen-bond donors (Lipinski definition) is 2. The van der Waals surface area contributed by atoms with E-state index in [9.17, 15) is 9.18 Å². The number of ether oxygens (including phenoxy) is 1. The third-order valence-electron chi connectivity index (χ3n) is 5.10. The van der Waals surface area contributed by atoms with E-state index in [2.05, 4.69) is 27.3 Å². The number of hydrogen-bond acceptors (Lipinski definition) is 4. The number of H-pyrrole nitrogens is 1. The van der Waals surface area contributed by atoms with Crippen molar-refractivity contribution in [3.05, 3.63) is 88.1 Å². The van der Waals surface area contributed by atoms with Gasteiger partial charge in [0.15, 0.2) is 0 Å². The van der Waals surface area contributed by atoms with Crippen molar-refractivity contribution in [3.63, 3.8) is 0 Å². The predicted octanol–water partition coefficient (Wildman–Crippen LogP) is 3.63. The van der Waals surface area contributed by atoms with E-state index < -0.39 is 0 Å². The van der Waals surface area contributed by atoms with Crippen molar-refractivity contribution in [2.75, 3.05) is 31.6 Å². The normalized spacial score (nSPS) is 14.7. The highest BCUT2D eigenvalue weighted by Crippen LogP contribution is 2.19. The second-order valence-electron chi connectivity index (χ2n) is 7.19. The fraction of sp³-hybridized carbons (Fsp3) is 0.261. The van der Waals surface area contributed by atoms with Gasteiger partial charge in [-0.05, 0) is 47.0 Å². The maximum Gasteiger partial charge on any atom is 0.252 e. The van der Waals surface area contributed by atoms with Crippen LogP contribution >= 0.6 is 0 Å². The molecule has 0 amide bonds. The molecule has 2 aromatic carbocycles. The van der Waals surface area contributed by atoms with Gasteiger partial charge in [-0.1, -0.05) is 24.3 Å². The molecule has 6 heteroatoms. The van der Waals surface area contributed by atoms with Crippen LogP contribution < -0.4 is 10.9 Å². The molecule has 2 heterocycles. The van der Waals surface area contributed by atoms with E-state index in [4.69, 9.17) is 4.74 Å². The number of morpholine rings is 1. The number of anilines is 1. The summed E-state index contributed by atoms with van der Waals surface area (Å²) in [6.45, 7) is 4.85. The second-order valence-corrected chi connectivity index (χ2v) is 7.19. The van der Waals surface area contributed by atoms with Crippen molar-refractivity contribution in [3.8, 4) is 11.1 Å². The Balaban J connectivity index is 1.40. The number of benzene rings is 2. The van der Waals surface area contributed by atoms with E-state index in [1.54, 1.807) is 18.3 Å². The number of rotatable bonds is 6. The van der Waals surface area contributed by atoms with E-state index in [0.717, 1.165) is 49.7 Å². The molecule has 1 fully saturated rings. The molecule has 1 saturated heterocycles. The summed E-state index contributed by atoms with van der Waals surface area (Å²) in [7, 11) is 0. The summed E-state index contributed by atoms with van der Waals surface area (Å²) < 4.78 is 18.5. The summed E-state index contributed by atoms with van der Waals surface area (Å²) in [5, 5.41) is 3.31. The third-order valence-corrected chi connectivity index (χ3v) is 5.10. The molecule has 1 aliphatic rings. The van der Waals surface area contributed by atoms with Crippen LogP contribution in [0.15, 0.2) is 65.6 Å². The molecule has 0 unspecified atom stereocenters. The smallest absolute Gasteiger partial charge is 0.252 e. The molecule has 4 rings (SSSR count). The van der Waals surface area contributed by atoms with Gasteiger partial charge in [-0.15, -0.1) is 0 Å². The van der Waals surface area contributed by atoms with E-state index >= 15 is 0 Å². The Morgan fingerprint density at radius 2 is 1.72 bits per heavy atom. The highest BCUT2D eigenvalue weighted by Gasteiger charge is 2.10. The van der Waals surface area contributed by atoms with Crippen molar-refractivity contribution in [2.45, 2.75) is 13.1 Å². The van der Waals surface area contributed by atoms with Gasteiger partial charge in [0.2, 0.25) is 0 Å². The zero-order chi connectivity index (χ0) is 20.1. The van der Waals surface area contributed by atoms with Crippen LogP contribution in [0.2, 0.25) is 0 Å².